The highest BCUT2D eigenvalue weighted by Crippen LogP contribution is 2.18. The molecule has 0 atom stereocenters. The lowest BCUT2D eigenvalue weighted by molar-refractivity contribution is 0.0698. The van der Waals surface area contributed by atoms with Crippen LogP contribution in [-0.4, -0.2) is 60.1 Å². The van der Waals surface area contributed by atoms with Gasteiger partial charge < -0.3 is 25.0 Å². The van der Waals surface area contributed by atoms with Gasteiger partial charge in [0.15, 0.2) is 5.96 Å². The summed E-state index contributed by atoms with van der Waals surface area (Å²) < 4.78 is 24.3. The first kappa shape index (κ1) is 24.9. The molecule has 1 rings (SSSR count). The topological polar surface area (TPSA) is 58.1 Å². The summed E-state index contributed by atoms with van der Waals surface area (Å²) in [7, 11) is 5.30. The third-order valence-electron chi connectivity index (χ3n) is 3.45. The van der Waals surface area contributed by atoms with Crippen LogP contribution < -0.4 is 15.5 Å². The van der Waals surface area contributed by atoms with Gasteiger partial charge in [0.1, 0.15) is 5.82 Å². The van der Waals surface area contributed by atoms with Crippen LogP contribution in [0.5, 0.6) is 0 Å². The van der Waals surface area contributed by atoms with Gasteiger partial charge in [-0.15, -0.1) is 24.0 Å². The average molecular weight is 482 g/mol. The van der Waals surface area contributed by atoms with Crippen molar-refractivity contribution in [2.24, 2.45) is 4.99 Å². The zero-order chi connectivity index (χ0) is 18.5. The molecule has 0 bridgehead atoms. The second-order valence-electron chi connectivity index (χ2n) is 5.76. The number of rotatable bonds is 11. The molecule has 0 unspecified atom stereocenters. The first-order chi connectivity index (χ1) is 12.1. The van der Waals surface area contributed by atoms with Gasteiger partial charge in [0, 0.05) is 40.9 Å². The number of nitrogens with zero attached hydrogens (tertiary/aromatic N) is 2. The number of ether oxygens (including phenoxy) is 2. The molecular weight excluding hydrogens is 450 g/mol. The maximum Gasteiger partial charge on any atom is 0.191 e. The molecule has 1 aromatic rings. The summed E-state index contributed by atoms with van der Waals surface area (Å²) in [6.45, 7) is 5.85. The quantitative estimate of drug-likeness (QED) is 0.220. The van der Waals surface area contributed by atoms with Gasteiger partial charge in [0.05, 0.1) is 25.4 Å². The van der Waals surface area contributed by atoms with Crippen molar-refractivity contribution in [1.29, 1.82) is 0 Å². The Labute approximate surface area is 173 Å². The number of aliphatic imine (C=N–C) groups is 1. The number of benzene rings is 1. The summed E-state index contributed by atoms with van der Waals surface area (Å²) in [5, 5.41) is 6.44. The summed E-state index contributed by atoms with van der Waals surface area (Å²) in [5.41, 5.74) is 1.41. The van der Waals surface area contributed by atoms with E-state index >= 15 is 0 Å². The fourth-order valence-electron chi connectivity index (χ4n) is 2.15. The number of methoxy groups -OCH3 is 1. The molecule has 0 aromatic heterocycles. The van der Waals surface area contributed by atoms with Crippen LogP contribution in [0.25, 0.3) is 0 Å². The molecular formula is C18H32FIN4O2. The third kappa shape index (κ3) is 10.1. The zero-order valence-electron chi connectivity index (χ0n) is 16.2. The van der Waals surface area contributed by atoms with Gasteiger partial charge in [0.2, 0.25) is 0 Å². The fraction of sp³-hybridized carbons (Fsp3) is 0.611. The number of hydrogen-bond acceptors (Lipinski definition) is 4. The van der Waals surface area contributed by atoms with E-state index < -0.39 is 0 Å². The standard InChI is InChI=1S/C18H31FN4O2.HI/c1-5-20-18(21-9-6-10-25-12-11-24-4)22-14-15-7-8-17(23(2)3)16(19)13-15;/h7-8,13H,5-6,9-12,14H2,1-4H3,(H2,20,21,22);1H. The number of anilines is 1. The van der Waals surface area contributed by atoms with E-state index in [0.29, 0.717) is 32.1 Å². The van der Waals surface area contributed by atoms with Gasteiger partial charge in [-0.05, 0) is 31.0 Å². The smallest absolute Gasteiger partial charge is 0.191 e. The molecule has 0 aliphatic rings. The summed E-state index contributed by atoms with van der Waals surface area (Å²) in [5.74, 6) is 0.486. The third-order valence-corrected chi connectivity index (χ3v) is 3.45. The number of hydrogen-bond donors (Lipinski definition) is 2. The lowest BCUT2D eigenvalue weighted by atomic mass is 10.2. The van der Waals surface area contributed by atoms with Crippen LogP contribution in [0.15, 0.2) is 23.2 Å². The Balaban J connectivity index is 0.00000625. The Morgan fingerprint density at radius 2 is 1.96 bits per heavy atom. The van der Waals surface area contributed by atoms with E-state index in [0.717, 1.165) is 31.0 Å². The fourth-order valence-corrected chi connectivity index (χ4v) is 2.15. The Morgan fingerprint density at radius 1 is 1.19 bits per heavy atom. The SMILES string of the molecule is CCNC(=NCc1ccc(N(C)C)c(F)c1)NCCCOCCOC.I. The second kappa shape index (κ2) is 15.0. The highest BCUT2D eigenvalue weighted by atomic mass is 127. The molecule has 1 aromatic carbocycles. The molecule has 0 saturated carbocycles. The van der Waals surface area contributed by atoms with Crippen LogP contribution >= 0.6 is 24.0 Å². The second-order valence-corrected chi connectivity index (χ2v) is 5.76. The Morgan fingerprint density at radius 3 is 2.58 bits per heavy atom. The molecule has 0 aliphatic carbocycles. The van der Waals surface area contributed by atoms with Crippen molar-refractivity contribution in [3.8, 4) is 0 Å². The molecule has 0 fully saturated rings. The van der Waals surface area contributed by atoms with E-state index in [9.17, 15) is 4.39 Å². The zero-order valence-corrected chi connectivity index (χ0v) is 18.5. The van der Waals surface area contributed by atoms with E-state index in [2.05, 4.69) is 15.6 Å². The van der Waals surface area contributed by atoms with E-state index in [1.54, 1.807) is 18.1 Å². The monoisotopic (exact) mass is 482 g/mol. The van der Waals surface area contributed by atoms with E-state index in [4.69, 9.17) is 9.47 Å². The van der Waals surface area contributed by atoms with Gasteiger partial charge in [-0.25, -0.2) is 9.38 Å². The summed E-state index contributed by atoms with van der Waals surface area (Å²) in [6.07, 6.45) is 0.875. The average Bonchev–Trinajstić information content (AvgIpc) is 2.58. The minimum atomic E-state index is -0.233. The normalized spacial score (nSPS) is 11.0. The van der Waals surface area contributed by atoms with Crippen molar-refractivity contribution in [1.82, 2.24) is 10.6 Å². The van der Waals surface area contributed by atoms with Crippen molar-refractivity contribution >= 4 is 35.6 Å². The minimum absolute atomic E-state index is 0. The van der Waals surface area contributed by atoms with Crippen LogP contribution in [0.4, 0.5) is 10.1 Å². The van der Waals surface area contributed by atoms with Gasteiger partial charge >= 0.3 is 0 Å². The Bertz CT molecular complexity index is 530. The Kier molecular flexibility index (Phi) is 14.3. The van der Waals surface area contributed by atoms with E-state index in [1.165, 1.54) is 6.07 Å². The lowest BCUT2D eigenvalue weighted by Crippen LogP contribution is -2.38. The van der Waals surface area contributed by atoms with Crippen LogP contribution in [0.3, 0.4) is 0 Å². The van der Waals surface area contributed by atoms with Crippen LogP contribution in [0, 0.1) is 5.82 Å². The maximum atomic E-state index is 14.0. The van der Waals surface area contributed by atoms with Crippen molar-refractivity contribution < 1.29 is 13.9 Å². The summed E-state index contributed by atoms with van der Waals surface area (Å²) in [4.78, 5) is 6.25. The van der Waals surface area contributed by atoms with Crippen molar-refractivity contribution in [2.45, 2.75) is 19.9 Å². The van der Waals surface area contributed by atoms with Gasteiger partial charge in [0.25, 0.3) is 0 Å². The van der Waals surface area contributed by atoms with Crippen molar-refractivity contribution in [3.05, 3.63) is 29.6 Å². The number of guanidine groups is 1. The van der Waals surface area contributed by atoms with Crippen molar-refractivity contribution in [3.63, 3.8) is 0 Å². The van der Waals surface area contributed by atoms with Gasteiger partial charge in [-0.3, -0.25) is 0 Å². The summed E-state index contributed by atoms with van der Waals surface area (Å²) in [6, 6.07) is 5.21. The van der Waals surface area contributed by atoms with Crippen LogP contribution in [-0.2, 0) is 16.0 Å². The maximum absolute atomic E-state index is 14.0. The van der Waals surface area contributed by atoms with Gasteiger partial charge in [-0.2, -0.15) is 0 Å². The van der Waals surface area contributed by atoms with Crippen molar-refractivity contribution in [2.75, 3.05) is 59.0 Å². The molecule has 0 spiro atoms. The molecule has 6 nitrogen and oxygen atoms in total. The predicted octanol–water partition coefficient (Wildman–Crippen LogP) is 2.62. The highest BCUT2D eigenvalue weighted by molar-refractivity contribution is 14.0. The first-order valence-corrected chi connectivity index (χ1v) is 8.63. The number of halogens is 2. The largest absolute Gasteiger partial charge is 0.382 e. The van der Waals surface area contributed by atoms with Crippen LogP contribution in [0.2, 0.25) is 0 Å². The molecule has 0 saturated heterocycles. The Hall–Kier alpha value is -1.13. The molecule has 0 heterocycles. The molecule has 0 aliphatic heterocycles. The number of nitrogens with one attached hydrogen (secondary N) is 2. The summed E-state index contributed by atoms with van der Waals surface area (Å²) >= 11 is 0. The molecule has 8 heteroatoms. The molecule has 150 valence electrons. The predicted molar refractivity (Wildman–Crippen MR) is 116 cm³/mol. The van der Waals surface area contributed by atoms with Gasteiger partial charge in [-0.1, -0.05) is 6.07 Å². The molecule has 2 N–H and O–H groups in total. The lowest BCUT2D eigenvalue weighted by Gasteiger charge is -2.14. The highest BCUT2D eigenvalue weighted by Gasteiger charge is 2.05. The first-order valence-electron chi connectivity index (χ1n) is 8.63. The van der Waals surface area contributed by atoms with E-state index in [-0.39, 0.29) is 29.8 Å². The minimum Gasteiger partial charge on any atom is -0.382 e. The molecule has 0 radical (unpaired) electrons. The molecule has 0 amide bonds. The van der Waals surface area contributed by atoms with Crippen LogP contribution in [0.1, 0.15) is 18.9 Å². The molecule has 26 heavy (non-hydrogen) atoms. The van der Waals surface area contributed by atoms with E-state index in [1.807, 2.05) is 27.1 Å².